The summed E-state index contributed by atoms with van der Waals surface area (Å²) in [4.78, 5) is 0. The normalized spacial score (nSPS) is 16.6. The average Bonchev–Trinajstić information content (AvgIpc) is 2.42. The minimum atomic E-state index is -4.43. The second-order valence-electron chi connectivity index (χ2n) is 4.92. The Morgan fingerprint density at radius 2 is 1.65 bits per heavy atom. The van der Waals surface area contributed by atoms with Crippen LogP contribution in [-0.4, -0.2) is 17.4 Å². The molecule has 0 amide bonds. The van der Waals surface area contributed by atoms with Crippen molar-refractivity contribution in [2.75, 3.05) is 0 Å². The molecule has 2 unspecified atom stereocenters. The monoisotopic (exact) mass is 286 g/mol. The fraction of sp³-hybridized carbons (Fsp3) is 0.500. The Labute approximate surface area is 118 Å². The Morgan fingerprint density at radius 1 is 1.10 bits per heavy atom. The fourth-order valence-electron chi connectivity index (χ4n) is 2.25. The van der Waals surface area contributed by atoms with Gasteiger partial charge in [0, 0.05) is 5.57 Å². The number of halogens is 3. The summed E-state index contributed by atoms with van der Waals surface area (Å²) in [6.45, 7) is 4.95. The summed E-state index contributed by atoms with van der Waals surface area (Å²) in [5.41, 5.74) is -0.162. The largest absolute Gasteiger partial charge is 0.413 e. The van der Waals surface area contributed by atoms with E-state index in [1.54, 1.807) is 51.1 Å². The molecule has 0 aliphatic rings. The van der Waals surface area contributed by atoms with E-state index in [1.807, 2.05) is 0 Å². The van der Waals surface area contributed by atoms with E-state index in [-0.39, 0.29) is 12.0 Å². The average molecular weight is 286 g/mol. The van der Waals surface area contributed by atoms with Gasteiger partial charge in [0.05, 0.1) is 6.10 Å². The van der Waals surface area contributed by atoms with Gasteiger partial charge in [-0.15, -0.1) is 0 Å². The van der Waals surface area contributed by atoms with Crippen molar-refractivity contribution in [1.29, 1.82) is 0 Å². The number of hydrogen-bond acceptors (Lipinski definition) is 1. The van der Waals surface area contributed by atoms with Crippen LogP contribution >= 0.6 is 0 Å². The van der Waals surface area contributed by atoms with Crippen molar-refractivity contribution in [1.82, 2.24) is 0 Å². The van der Waals surface area contributed by atoms with E-state index in [4.69, 9.17) is 0 Å². The van der Waals surface area contributed by atoms with Gasteiger partial charge in [0.25, 0.3) is 0 Å². The first-order valence-electron chi connectivity index (χ1n) is 6.87. The number of benzene rings is 1. The highest BCUT2D eigenvalue weighted by Crippen LogP contribution is 2.40. The first-order valence-corrected chi connectivity index (χ1v) is 6.87. The highest BCUT2D eigenvalue weighted by Gasteiger charge is 2.40. The van der Waals surface area contributed by atoms with E-state index in [1.165, 1.54) is 0 Å². The predicted molar refractivity (Wildman–Crippen MR) is 75.2 cm³/mol. The molecular weight excluding hydrogens is 265 g/mol. The number of allylic oxidation sites excluding steroid dienone is 1. The summed E-state index contributed by atoms with van der Waals surface area (Å²) in [5, 5.41) is 10.1. The van der Waals surface area contributed by atoms with Crippen LogP contribution in [0.3, 0.4) is 0 Å². The van der Waals surface area contributed by atoms with Gasteiger partial charge in [0.2, 0.25) is 0 Å². The summed E-state index contributed by atoms with van der Waals surface area (Å²) >= 11 is 0. The quantitative estimate of drug-likeness (QED) is 0.822. The Kier molecular flexibility index (Phi) is 5.81. The zero-order valence-corrected chi connectivity index (χ0v) is 12.0. The Bertz CT molecular complexity index is 449. The smallest absolute Gasteiger partial charge is 0.388 e. The number of aliphatic hydroxyl groups is 1. The molecule has 0 aliphatic heterocycles. The molecule has 0 spiro atoms. The van der Waals surface area contributed by atoms with E-state index in [9.17, 15) is 18.3 Å². The molecule has 0 bridgehead atoms. The van der Waals surface area contributed by atoms with Gasteiger partial charge in [-0.3, -0.25) is 0 Å². The van der Waals surface area contributed by atoms with Crippen LogP contribution in [0.25, 0.3) is 5.57 Å². The molecule has 1 N–H and O–H groups in total. The van der Waals surface area contributed by atoms with Crippen molar-refractivity contribution < 1.29 is 18.3 Å². The van der Waals surface area contributed by atoms with Gasteiger partial charge >= 0.3 is 6.18 Å². The molecule has 1 rings (SSSR count). The molecule has 2 atom stereocenters. The van der Waals surface area contributed by atoms with Crippen LogP contribution in [0.2, 0.25) is 0 Å². The van der Waals surface area contributed by atoms with Gasteiger partial charge in [0.15, 0.2) is 0 Å². The number of aliphatic hydroxyl groups excluding tert-OH is 1. The summed E-state index contributed by atoms with van der Waals surface area (Å²) < 4.78 is 40.3. The molecule has 1 aromatic rings. The van der Waals surface area contributed by atoms with E-state index in [0.717, 1.165) is 0 Å². The van der Waals surface area contributed by atoms with E-state index >= 15 is 0 Å². The molecule has 0 fully saturated rings. The summed E-state index contributed by atoms with van der Waals surface area (Å²) in [6, 6.07) is 8.34. The van der Waals surface area contributed by atoms with Crippen LogP contribution < -0.4 is 0 Å². The van der Waals surface area contributed by atoms with E-state index < -0.39 is 23.8 Å². The minimum Gasteiger partial charge on any atom is -0.388 e. The SMILES string of the molecule is CCC(C)/C(=C(\c1ccccc1)C(O)CC)C(F)(F)F. The lowest BCUT2D eigenvalue weighted by atomic mass is 9.86. The van der Waals surface area contributed by atoms with Crippen LogP contribution in [-0.2, 0) is 0 Å². The minimum absolute atomic E-state index is 0.00921. The van der Waals surface area contributed by atoms with Crippen LogP contribution in [0.4, 0.5) is 13.2 Å². The lowest BCUT2D eigenvalue weighted by Gasteiger charge is -2.25. The molecule has 0 saturated carbocycles. The van der Waals surface area contributed by atoms with E-state index in [2.05, 4.69) is 0 Å². The van der Waals surface area contributed by atoms with Gasteiger partial charge in [-0.25, -0.2) is 0 Å². The molecular formula is C16H21F3O. The molecule has 0 aliphatic carbocycles. The first-order chi connectivity index (χ1) is 9.32. The summed E-state index contributed by atoms with van der Waals surface area (Å²) in [5.74, 6) is -0.647. The maximum Gasteiger partial charge on any atom is 0.413 e. The maximum absolute atomic E-state index is 13.4. The topological polar surface area (TPSA) is 20.2 Å². The molecule has 0 heterocycles. The van der Waals surface area contributed by atoms with Gasteiger partial charge in [0.1, 0.15) is 0 Å². The Morgan fingerprint density at radius 3 is 2.05 bits per heavy atom. The van der Waals surface area contributed by atoms with Crippen molar-refractivity contribution in [2.24, 2.45) is 5.92 Å². The molecule has 0 radical (unpaired) electrons. The third-order valence-corrected chi connectivity index (χ3v) is 3.51. The maximum atomic E-state index is 13.4. The predicted octanol–water partition coefficient (Wildman–Crippen LogP) is 4.82. The lowest BCUT2D eigenvalue weighted by Crippen LogP contribution is -2.24. The van der Waals surface area contributed by atoms with Crippen molar-refractivity contribution in [3.63, 3.8) is 0 Å². The van der Waals surface area contributed by atoms with Crippen molar-refractivity contribution in [3.05, 3.63) is 41.5 Å². The van der Waals surface area contributed by atoms with E-state index in [0.29, 0.717) is 12.0 Å². The Balaban J connectivity index is 3.55. The molecule has 0 aromatic heterocycles. The standard InChI is InChI=1S/C16H21F3O/c1-4-11(3)15(16(17,18)19)14(13(20)5-2)12-9-7-6-8-10-12/h6-11,13,20H,4-5H2,1-3H3/b15-14-. The molecule has 20 heavy (non-hydrogen) atoms. The van der Waals surface area contributed by atoms with Gasteiger partial charge < -0.3 is 5.11 Å². The number of rotatable bonds is 5. The second kappa shape index (κ2) is 6.93. The van der Waals surface area contributed by atoms with Crippen LogP contribution in [0.5, 0.6) is 0 Å². The van der Waals surface area contributed by atoms with Gasteiger partial charge in [-0.05, 0) is 29.9 Å². The van der Waals surface area contributed by atoms with Crippen LogP contribution in [0, 0.1) is 5.92 Å². The van der Waals surface area contributed by atoms with Crippen LogP contribution in [0.15, 0.2) is 35.9 Å². The highest BCUT2D eigenvalue weighted by molar-refractivity contribution is 5.73. The lowest BCUT2D eigenvalue weighted by molar-refractivity contribution is -0.0984. The second-order valence-corrected chi connectivity index (χ2v) is 4.92. The van der Waals surface area contributed by atoms with Gasteiger partial charge in [-0.2, -0.15) is 13.2 Å². The molecule has 4 heteroatoms. The van der Waals surface area contributed by atoms with Crippen molar-refractivity contribution in [2.45, 2.75) is 45.9 Å². The first kappa shape index (κ1) is 16.8. The third kappa shape index (κ3) is 3.85. The fourth-order valence-corrected chi connectivity index (χ4v) is 2.25. The number of alkyl halides is 3. The van der Waals surface area contributed by atoms with Gasteiger partial charge in [-0.1, -0.05) is 51.1 Å². The summed E-state index contributed by atoms with van der Waals surface area (Å²) in [6.07, 6.45) is -4.92. The molecule has 112 valence electrons. The molecule has 0 saturated heterocycles. The molecule has 1 nitrogen and oxygen atoms in total. The summed E-state index contributed by atoms with van der Waals surface area (Å²) in [7, 11) is 0. The number of hydrogen-bond donors (Lipinski definition) is 1. The third-order valence-electron chi connectivity index (χ3n) is 3.51. The zero-order valence-electron chi connectivity index (χ0n) is 12.0. The molecule has 1 aromatic carbocycles. The Hall–Kier alpha value is -1.29. The van der Waals surface area contributed by atoms with Crippen molar-refractivity contribution in [3.8, 4) is 0 Å². The van der Waals surface area contributed by atoms with Crippen molar-refractivity contribution >= 4 is 5.57 Å². The zero-order chi connectivity index (χ0) is 15.3. The van der Waals surface area contributed by atoms with Crippen LogP contribution in [0.1, 0.15) is 39.2 Å². The highest BCUT2D eigenvalue weighted by atomic mass is 19.4.